The van der Waals surface area contributed by atoms with Crippen LogP contribution in [0.1, 0.15) is 6.42 Å². The van der Waals surface area contributed by atoms with Crippen LogP contribution in [0, 0.1) is 5.82 Å². The molecule has 0 saturated carbocycles. The van der Waals surface area contributed by atoms with E-state index in [9.17, 15) is 17.6 Å². The molecule has 0 unspecified atom stereocenters. The van der Waals surface area contributed by atoms with E-state index in [1.807, 2.05) is 37.2 Å². The topological polar surface area (TPSA) is 70.6 Å². The first-order chi connectivity index (χ1) is 14.2. The van der Waals surface area contributed by atoms with Crippen LogP contribution in [-0.2, 0) is 14.6 Å². The van der Waals surface area contributed by atoms with Crippen LogP contribution >= 0.6 is 27.3 Å². The molecule has 0 aliphatic carbocycles. The molecule has 0 aliphatic rings. The van der Waals surface area contributed by atoms with Gasteiger partial charge in [-0.25, -0.2) is 17.8 Å². The van der Waals surface area contributed by atoms with E-state index in [0.717, 1.165) is 33.4 Å². The standard InChI is InChI=1S/C20H21BrFN3O3S2/c1-24(2)10-3-11-25(20-23-17-9-4-14(21)12-18(17)29-20)19(26)13-30(27,28)16-7-5-15(22)6-8-16/h4-9,12H,3,10-11,13H2,1-2H3. The molecule has 10 heteroatoms. The lowest BCUT2D eigenvalue weighted by Crippen LogP contribution is -2.37. The Morgan fingerprint density at radius 1 is 1.13 bits per heavy atom. The van der Waals surface area contributed by atoms with Gasteiger partial charge in [0, 0.05) is 11.0 Å². The number of hydrogen-bond donors (Lipinski definition) is 0. The zero-order valence-electron chi connectivity index (χ0n) is 16.5. The molecule has 6 nitrogen and oxygen atoms in total. The van der Waals surface area contributed by atoms with Gasteiger partial charge in [0.15, 0.2) is 15.0 Å². The van der Waals surface area contributed by atoms with Crippen molar-refractivity contribution in [3.8, 4) is 0 Å². The first kappa shape index (κ1) is 22.8. The van der Waals surface area contributed by atoms with E-state index in [1.165, 1.54) is 28.4 Å². The Morgan fingerprint density at radius 2 is 1.83 bits per heavy atom. The zero-order chi connectivity index (χ0) is 21.9. The second kappa shape index (κ2) is 9.51. The Balaban J connectivity index is 1.88. The normalized spacial score (nSPS) is 11.9. The maximum atomic E-state index is 13.1. The predicted molar refractivity (Wildman–Crippen MR) is 121 cm³/mol. The lowest BCUT2D eigenvalue weighted by Gasteiger charge is -2.21. The quantitative estimate of drug-likeness (QED) is 0.426. The molecule has 1 aromatic heterocycles. The van der Waals surface area contributed by atoms with Gasteiger partial charge in [0.1, 0.15) is 11.6 Å². The minimum atomic E-state index is -3.91. The average Bonchev–Trinajstić information content (AvgIpc) is 3.07. The summed E-state index contributed by atoms with van der Waals surface area (Å²) in [6.07, 6.45) is 0.662. The highest BCUT2D eigenvalue weighted by Crippen LogP contribution is 2.31. The van der Waals surface area contributed by atoms with Crippen molar-refractivity contribution < 1.29 is 17.6 Å². The highest BCUT2D eigenvalue weighted by atomic mass is 79.9. The molecule has 160 valence electrons. The van der Waals surface area contributed by atoms with E-state index >= 15 is 0 Å². The van der Waals surface area contributed by atoms with Crippen molar-refractivity contribution >= 4 is 58.4 Å². The molecule has 0 aliphatic heterocycles. The molecule has 30 heavy (non-hydrogen) atoms. The molecule has 1 amide bonds. The number of nitrogens with zero attached hydrogens (tertiary/aromatic N) is 3. The van der Waals surface area contributed by atoms with Gasteiger partial charge in [-0.2, -0.15) is 0 Å². The van der Waals surface area contributed by atoms with Crippen molar-refractivity contribution in [2.24, 2.45) is 0 Å². The van der Waals surface area contributed by atoms with E-state index in [-0.39, 0.29) is 4.90 Å². The van der Waals surface area contributed by atoms with Gasteiger partial charge in [-0.3, -0.25) is 9.69 Å². The van der Waals surface area contributed by atoms with E-state index < -0.39 is 27.3 Å². The van der Waals surface area contributed by atoms with Crippen LogP contribution in [0.3, 0.4) is 0 Å². The predicted octanol–water partition coefficient (Wildman–Crippen LogP) is 3.96. The van der Waals surface area contributed by atoms with Crippen LogP contribution < -0.4 is 4.90 Å². The number of carbonyl (C=O) groups excluding carboxylic acids is 1. The monoisotopic (exact) mass is 513 g/mol. The Bertz CT molecular complexity index is 1150. The molecule has 0 spiro atoms. The van der Waals surface area contributed by atoms with Crippen LogP contribution in [0.25, 0.3) is 10.2 Å². The van der Waals surface area contributed by atoms with Crippen molar-refractivity contribution in [3.05, 3.63) is 52.8 Å². The van der Waals surface area contributed by atoms with Gasteiger partial charge in [-0.1, -0.05) is 27.3 Å². The van der Waals surface area contributed by atoms with Crippen LogP contribution in [0.4, 0.5) is 9.52 Å². The Hall–Kier alpha value is -1.88. The molecular weight excluding hydrogens is 493 g/mol. The second-order valence-electron chi connectivity index (χ2n) is 7.02. The summed E-state index contributed by atoms with van der Waals surface area (Å²) in [5.74, 6) is -1.80. The van der Waals surface area contributed by atoms with E-state index in [4.69, 9.17) is 0 Å². The maximum absolute atomic E-state index is 13.1. The van der Waals surface area contributed by atoms with E-state index in [1.54, 1.807) is 0 Å². The van der Waals surface area contributed by atoms with Gasteiger partial charge in [0.2, 0.25) is 5.91 Å². The van der Waals surface area contributed by atoms with Crippen molar-refractivity contribution in [2.45, 2.75) is 11.3 Å². The molecule has 3 rings (SSSR count). The number of fused-ring (bicyclic) bond motifs is 1. The molecule has 0 fully saturated rings. The average molecular weight is 514 g/mol. The highest BCUT2D eigenvalue weighted by molar-refractivity contribution is 9.10. The van der Waals surface area contributed by atoms with Crippen molar-refractivity contribution in [1.29, 1.82) is 0 Å². The molecule has 1 heterocycles. The van der Waals surface area contributed by atoms with Crippen LogP contribution in [0.2, 0.25) is 0 Å². The molecule has 0 atom stereocenters. The van der Waals surface area contributed by atoms with E-state index in [0.29, 0.717) is 18.1 Å². The first-order valence-corrected chi connectivity index (χ1v) is 12.4. The minimum absolute atomic E-state index is 0.0845. The van der Waals surface area contributed by atoms with Gasteiger partial charge in [0.05, 0.1) is 15.1 Å². The van der Waals surface area contributed by atoms with Crippen molar-refractivity contribution in [1.82, 2.24) is 9.88 Å². The number of rotatable bonds is 8. The fourth-order valence-corrected chi connectivity index (χ4v) is 5.60. The number of hydrogen-bond acceptors (Lipinski definition) is 6. The third-order valence-corrected chi connectivity index (χ3v) is 7.50. The number of amides is 1. The van der Waals surface area contributed by atoms with Gasteiger partial charge < -0.3 is 4.90 Å². The molecule has 0 N–H and O–H groups in total. The Morgan fingerprint density at radius 3 is 2.50 bits per heavy atom. The Kier molecular flexibility index (Phi) is 7.22. The smallest absolute Gasteiger partial charge is 0.244 e. The summed E-state index contributed by atoms with van der Waals surface area (Å²) in [5, 5.41) is 0.459. The maximum Gasteiger partial charge on any atom is 0.244 e. The first-order valence-electron chi connectivity index (χ1n) is 9.15. The van der Waals surface area contributed by atoms with Gasteiger partial charge in [-0.05, 0) is 69.5 Å². The molecule has 0 radical (unpaired) electrons. The summed E-state index contributed by atoms with van der Waals surface area (Å²) < 4.78 is 40.3. The largest absolute Gasteiger partial charge is 0.309 e. The summed E-state index contributed by atoms with van der Waals surface area (Å²) in [6.45, 7) is 1.09. The molecular formula is C20H21BrFN3O3S2. The fourth-order valence-electron chi connectivity index (χ4n) is 2.84. The number of sulfone groups is 1. The fraction of sp³-hybridized carbons (Fsp3) is 0.300. The number of benzene rings is 2. The lowest BCUT2D eigenvalue weighted by atomic mass is 10.3. The summed E-state index contributed by atoms with van der Waals surface area (Å²) in [6, 6.07) is 10.1. The summed E-state index contributed by atoms with van der Waals surface area (Å²) in [7, 11) is -0.0445. The number of carbonyl (C=O) groups is 1. The van der Waals surface area contributed by atoms with Crippen molar-refractivity contribution in [2.75, 3.05) is 37.8 Å². The number of halogens is 2. The Labute approximate surface area is 187 Å². The van der Waals surface area contributed by atoms with Gasteiger partial charge in [0.25, 0.3) is 0 Å². The number of thiazole rings is 1. The second-order valence-corrected chi connectivity index (χ2v) is 10.9. The third-order valence-electron chi connectivity index (χ3n) is 4.34. The SMILES string of the molecule is CN(C)CCCN(C(=O)CS(=O)(=O)c1ccc(F)cc1)c1nc2ccc(Br)cc2s1. The van der Waals surface area contributed by atoms with Gasteiger partial charge >= 0.3 is 0 Å². The highest BCUT2D eigenvalue weighted by Gasteiger charge is 2.26. The number of anilines is 1. The third kappa shape index (κ3) is 5.63. The lowest BCUT2D eigenvalue weighted by molar-refractivity contribution is -0.116. The molecule has 0 bridgehead atoms. The zero-order valence-corrected chi connectivity index (χ0v) is 19.7. The van der Waals surface area contributed by atoms with Gasteiger partial charge in [-0.15, -0.1) is 0 Å². The van der Waals surface area contributed by atoms with Crippen LogP contribution in [0.15, 0.2) is 51.8 Å². The molecule has 3 aromatic rings. The van der Waals surface area contributed by atoms with Crippen LogP contribution in [0.5, 0.6) is 0 Å². The molecule has 0 saturated heterocycles. The van der Waals surface area contributed by atoms with Crippen LogP contribution in [-0.4, -0.2) is 57.1 Å². The summed E-state index contributed by atoms with van der Waals surface area (Å²) >= 11 is 4.76. The minimum Gasteiger partial charge on any atom is -0.309 e. The summed E-state index contributed by atoms with van der Waals surface area (Å²) in [4.78, 5) is 20.9. The van der Waals surface area contributed by atoms with E-state index in [2.05, 4.69) is 20.9 Å². The van der Waals surface area contributed by atoms with Crippen molar-refractivity contribution in [3.63, 3.8) is 0 Å². The molecule has 2 aromatic carbocycles. The summed E-state index contributed by atoms with van der Waals surface area (Å²) in [5.41, 5.74) is 0.741. The number of aromatic nitrogens is 1.